The summed E-state index contributed by atoms with van der Waals surface area (Å²) in [5.41, 5.74) is -0.929. The van der Waals surface area contributed by atoms with Gasteiger partial charge in [-0.1, -0.05) is 25.5 Å². The van der Waals surface area contributed by atoms with E-state index in [0.717, 1.165) is 0 Å². The molecule has 0 aliphatic rings. The largest absolute Gasteiger partial charge is 0.494 e. The molecule has 0 bridgehead atoms. The first kappa shape index (κ1) is 14.9. The predicted molar refractivity (Wildman–Crippen MR) is 67.0 cm³/mol. The highest BCUT2D eigenvalue weighted by molar-refractivity contribution is 5.31. The van der Waals surface area contributed by atoms with Gasteiger partial charge in [-0.15, -0.1) is 0 Å². The van der Waals surface area contributed by atoms with Crippen LogP contribution in [0.15, 0.2) is 24.3 Å². The lowest BCUT2D eigenvalue weighted by Gasteiger charge is -2.28. The van der Waals surface area contributed by atoms with Crippen molar-refractivity contribution in [2.45, 2.75) is 45.1 Å². The van der Waals surface area contributed by atoms with E-state index in [0.29, 0.717) is 30.8 Å². The van der Waals surface area contributed by atoms with E-state index < -0.39 is 18.4 Å². The Labute approximate surface area is 107 Å². The van der Waals surface area contributed by atoms with Crippen molar-refractivity contribution in [2.75, 3.05) is 6.61 Å². The van der Waals surface area contributed by atoms with Gasteiger partial charge in [0.25, 0.3) is 0 Å². The molecule has 0 radical (unpaired) electrons. The van der Waals surface area contributed by atoms with Crippen LogP contribution in [0.5, 0.6) is 5.75 Å². The van der Waals surface area contributed by atoms with Crippen LogP contribution in [0.1, 0.15) is 38.7 Å². The molecule has 0 heterocycles. The molecule has 0 aliphatic carbocycles. The Hall–Kier alpha value is -1.16. The monoisotopic (exact) mass is 258 g/mol. The van der Waals surface area contributed by atoms with Gasteiger partial charge in [-0.05, 0) is 31.0 Å². The number of rotatable bonds is 7. The van der Waals surface area contributed by atoms with Gasteiger partial charge in [0.1, 0.15) is 5.75 Å². The molecule has 4 heteroatoms. The maximum atomic E-state index is 12.6. The van der Waals surface area contributed by atoms with Gasteiger partial charge in [0.2, 0.25) is 6.43 Å². The Morgan fingerprint density at radius 2 is 1.83 bits per heavy atom. The fraction of sp³-hybridized carbons (Fsp3) is 0.571. The van der Waals surface area contributed by atoms with Crippen LogP contribution in [-0.4, -0.2) is 18.1 Å². The molecule has 2 nitrogen and oxygen atoms in total. The molecule has 1 N–H and O–H groups in total. The molecule has 0 aliphatic heterocycles. The number of benzene rings is 1. The standard InChI is InChI=1S/C14H20F2O2/c1-3-9-14(17,10-13(15)16)11-5-7-12(8-6-11)18-4-2/h5-8,13,17H,3-4,9-10H2,1-2H3. The van der Waals surface area contributed by atoms with Gasteiger partial charge in [-0.2, -0.15) is 0 Å². The van der Waals surface area contributed by atoms with Crippen LogP contribution in [0, 0.1) is 0 Å². The summed E-state index contributed by atoms with van der Waals surface area (Å²) in [4.78, 5) is 0. The van der Waals surface area contributed by atoms with E-state index in [1.54, 1.807) is 24.3 Å². The second-order valence-electron chi connectivity index (χ2n) is 4.33. The minimum Gasteiger partial charge on any atom is -0.494 e. The maximum absolute atomic E-state index is 12.6. The minimum atomic E-state index is -2.52. The van der Waals surface area contributed by atoms with Crippen LogP contribution in [0.4, 0.5) is 8.78 Å². The summed E-state index contributed by atoms with van der Waals surface area (Å²) in [6.45, 7) is 4.29. The van der Waals surface area contributed by atoms with Crippen LogP contribution >= 0.6 is 0 Å². The van der Waals surface area contributed by atoms with Crippen molar-refractivity contribution in [3.05, 3.63) is 29.8 Å². The molecule has 0 aromatic heterocycles. The second kappa shape index (κ2) is 6.69. The Kier molecular flexibility index (Phi) is 5.54. The van der Waals surface area contributed by atoms with Crippen molar-refractivity contribution in [3.8, 4) is 5.75 Å². The van der Waals surface area contributed by atoms with Crippen molar-refractivity contribution in [2.24, 2.45) is 0 Å². The average molecular weight is 258 g/mol. The van der Waals surface area contributed by atoms with Crippen molar-refractivity contribution < 1.29 is 18.6 Å². The summed E-state index contributed by atoms with van der Waals surface area (Å²) in [7, 11) is 0. The number of ether oxygens (including phenoxy) is 1. The third kappa shape index (κ3) is 3.95. The molecule has 1 unspecified atom stereocenters. The lowest BCUT2D eigenvalue weighted by Crippen LogP contribution is -2.28. The smallest absolute Gasteiger partial charge is 0.241 e. The highest BCUT2D eigenvalue weighted by atomic mass is 19.3. The van der Waals surface area contributed by atoms with E-state index in [4.69, 9.17) is 4.74 Å². The van der Waals surface area contributed by atoms with E-state index in [-0.39, 0.29) is 0 Å². The van der Waals surface area contributed by atoms with E-state index in [9.17, 15) is 13.9 Å². The molecule has 102 valence electrons. The van der Waals surface area contributed by atoms with Gasteiger partial charge < -0.3 is 9.84 Å². The van der Waals surface area contributed by atoms with Gasteiger partial charge in [0.15, 0.2) is 0 Å². The number of hydrogen-bond acceptors (Lipinski definition) is 2. The van der Waals surface area contributed by atoms with Crippen molar-refractivity contribution in [3.63, 3.8) is 0 Å². The number of hydrogen-bond donors (Lipinski definition) is 1. The predicted octanol–water partition coefficient (Wildman–Crippen LogP) is 3.73. The van der Waals surface area contributed by atoms with E-state index in [2.05, 4.69) is 0 Å². The van der Waals surface area contributed by atoms with Gasteiger partial charge in [0.05, 0.1) is 12.2 Å². The molecular formula is C14H20F2O2. The highest BCUT2D eigenvalue weighted by Crippen LogP contribution is 2.33. The lowest BCUT2D eigenvalue weighted by molar-refractivity contribution is -0.0334. The second-order valence-corrected chi connectivity index (χ2v) is 4.33. The third-order valence-corrected chi connectivity index (χ3v) is 2.86. The normalized spacial score (nSPS) is 14.6. The fourth-order valence-electron chi connectivity index (χ4n) is 2.06. The van der Waals surface area contributed by atoms with Crippen molar-refractivity contribution in [1.29, 1.82) is 0 Å². The fourth-order valence-corrected chi connectivity index (χ4v) is 2.06. The summed E-state index contributed by atoms with van der Waals surface area (Å²) < 4.78 is 30.4. The Morgan fingerprint density at radius 3 is 2.28 bits per heavy atom. The zero-order valence-corrected chi connectivity index (χ0v) is 10.8. The Bertz CT molecular complexity index is 351. The Morgan fingerprint density at radius 1 is 1.22 bits per heavy atom. The van der Waals surface area contributed by atoms with E-state index in [1.807, 2.05) is 13.8 Å². The topological polar surface area (TPSA) is 29.5 Å². The van der Waals surface area contributed by atoms with Crippen LogP contribution < -0.4 is 4.74 Å². The molecule has 0 spiro atoms. The molecule has 1 aromatic rings. The summed E-state index contributed by atoms with van der Waals surface area (Å²) >= 11 is 0. The van der Waals surface area contributed by atoms with Crippen LogP contribution in [0.2, 0.25) is 0 Å². The number of halogens is 2. The zero-order valence-electron chi connectivity index (χ0n) is 10.8. The van der Waals surface area contributed by atoms with E-state index in [1.165, 1.54) is 0 Å². The van der Waals surface area contributed by atoms with Gasteiger partial charge in [0, 0.05) is 6.42 Å². The van der Waals surface area contributed by atoms with E-state index >= 15 is 0 Å². The summed E-state index contributed by atoms with van der Waals surface area (Å²) in [5, 5.41) is 10.4. The van der Waals surface area contributed by atoms with Crippen LogP contribution in [0.25, 0.3) is 0 Å². The lowest BCUT2D eigenvalue weighted by atomic mass is 9.86. The van der Waals surface area contributed by atoms with Crippen molar-refractivity contribution in [1.82, 2.24) is 0 Å². The minimum absolute atomic E-state index is 0.325. The molecule has 1 aromatic carbocycles. The molecule has 1 rings (SSSR count). The molecule has 18 heavy (non-hydrogen) atoms. The zero-order chi connectivity index (χ0) is 13.6. The SMILES string of the molecule is CCCC(O)(CC(F)F)c1ccc(OCC)cc1. The highest BCUT2D eigenvalue weighted by Gasteiger charge is 2.31. The summed E-state index contributed by atoms with van der Waals surface area (Å²) in [5.74, 6) is 0.678. The maximum Gasteiger partial charge on any atom is 0.241 e. The summed E-state index contributed by atoms with van der Waals surface area (Å²) in [6.07, 6.45) is -2.08. The van der Waals surface area contributed by atoms with Gasteiger partial charge in [-0.3, -0.25) is 0 Å². The van der Waals surface area contributed by atoms with Crippen LogP contribution in [-0.2, 0) is 5.60 Å². The molecule has 0 amide bonds. The van der Waals surface area contributed by atoms with Crippen molar-refractivity contribution >= 4 is 0 Å². The first-order valence-corrected chi connectivity index (χ1v) is 6.25. The van der Waals surface area contributed by atoms with Gasteiger partial charge >= 0.3 is 0 Å². The first-order chi connectivity index (χ1) is 8.51. The van der Waals surface area contributed by atoms with Crippen LogP contribution in [0.3, 0.4) is 0 Å². The average Bonchev–Trinajstić information content (AvgIpc) is 2.29. The number of alkyl halides is 2. The first-order valence-electron chi connectivity index (χ1n) is 6.25. The molecular weight excluding hydrogens is 238 g/mol. The number of aliphatic hydroxyl groups is 1. The summed E-state index contributed by atoms with van der Waals surface area (Å²) in [6, 6.07) is 6.71. The van der Waals surface area contributed by atoms with Gasteiger partial charge in [-0.25, -0.2) is 8.78 Å². The molecule has 0 saturated heterocycles. The quantitative estimate of drug-likeness (QED) is 0.807. The molecule has 1 atom stereocenters. The molecule has 0 fully saturated rings. The molecule has 0 saturated carbocycles. The Balaban J connectivity index is 2.91. The third-order valence-electron chi connectivity index (χ3n) is 2.86.